The van der Waals surface area contributed by atoms with E-state index in [9.17, 15) is 19.5 Å². The van der Waals surface area contributed by atoms with Crippen LogP contribution in [0.4, 0.5) is 0 Å². The van der Waals surface area contributed by atoms with Crippen molar-refractivity contribution in [2.45, 2.75) is 79.1 Å². The molecule has 0 saturated carbocycles. The number of nitrogens with one attached hydrogen (secondary N) is 2. The third-order valence-corrected chi connectivity index (χ3v) is 5.64. The van der Waals surface area contributed by atoms with Gasteiger partial charge in [0.05, 0.1) is 13.2 Å². The summed E-state index contributed by atoms with van der Waals surface area (Å²) in [5.74, 6) is -1.06. The highest BCUT2D eigenvalue weighted by Gasteiger charge is 2.32. The fourth-order valence-corrected chi connectivity index (χ4v) is 3.53. The molecule has 0 unspecified atom stereocenters. The van der Waals surface area contributed by atoms with Crippen LogP contribution in [-0.2, 0) is 23.9 Å². The third-order valence-electron chi connectivity index (χ3n) is 5.64. The smallest absolute Gasteiger partial charge is 0.373 e. The molecule has 0 spiro atoms. The van der Waals surface area contributed by atoms with E-state index in [0.717, 1.165) is 5.57 Å². The first-order chi connectivity index (χ1) is 16.9. The summed E-state index contributed by atoms with van der Waals surface area (Å²) in [5.41, 5.74) is 0.303. The normalized spacial score (nSPS) is 19.7. The van der Waals surface area contributed by atoms with Crippen LogP contribution >= 0.6 is 0 Å². The summed E-state index contributed by atoms with van der Waals surface area (Å²) in [7, 11) is 1.43. The van der Waals surface area contributed by atoms with Gasteiger partial charge in [-0.25, -0.2) is 4.79 Å². The number of methoxy groups -OCH3 is 1. The molecule has 0 fully saturated rings. The zero-order chi connectivity index (χ0) is 27.3. The van der Waals surface area contributed by atoms with E-state index in [1.807, 2.05) is 59.8 Å². The Morgan fingerprint density at radius 3 is 2.50 bits per heavy atom. The molecule has 200 valence electrons. The van der Waals surface area contributed by atoms with E-state index in [1.165, 1.54) is 19.4 Å². The van der Waals surface area contributed by atoms with Gasteiger partial charge >= 0.3 is 5.97 Å². The van der Waals surface area contributed by atoms with E-state index in [1.54, 1.807) is 18.2 Å². The molecule has 0 saturated heterocycles. The lowest BCUT2D eigenvalue weighted by atomic mass is 9.86. The standard InChI is InChI=1S/C28H42N2O6/c1-8-9-11-21(31)12-10-17-29-26(33)25(28(4,5)6)30-24(32)16-13-19(2)18-20(3)22-14-15-23(35-7)27(34)36-22/h8-10,13,15-18,20-22,25,31H,11-12,14H2,1-7H3,(H,29,33)(H,30,32)/b9-8-,16-13-,17-10-,19-18+/t20-,21-,22-,25+/m0/s1. The van der Waals surface area contributed by atoms with Crippen molar-refractivity contribution in [3.63, 3.8) is 0 Å². The van der Waals surface area contributed by atoms with E-state index >= 15 is 0 Å². The van der Waals surface area contributed by atoms with E-state index in [4.69, 9.17) is 9.47 Å². The van der Waals surface area contributed by atoms with E-state index in [0.29, 0.717) is 19.3 Å². The van der Waals surface area contributed by atoms with Crippen LogP contribution in [0.1, 0.15) is 60.8 Å². The van der Waals surface area contributed by atoms with Gasteiger partial charge in [0.1, 0.15) is 12.1 Å². The quantitative estimate of drug-likeness (QED) is 0.162. The molecule has 1 aliphatic heterocycles. The maximum atomic E-state index is 12.7. The number of hydrogen-bond donors (Lipinski definition) is 3. The predicted molar refractivity (Wildman–Crippen MR) is 140 cm³/mol. The van der Waals surface area contributed by atoms with Crippen LogP contribution in [0.5, 0.6) is 0 Å². The second-order valence-electron chi connectivity index (χ2n) is 9.97. The van der Waals surface area contributed by atoms with Crippen molar-refractivity contribution in [3.8, 4) is 0 Å². The summed E-state index contributed by atoms with van der Waals surface area (Å²) in [5, 5.41) is 15.3. The molecule has 1 heterocycles. The Labute approximate surface area is 215 Å². The Morgan fingerprint density at radius 2 is 1.92 bits per heavy atom. The number of aliphatic hydroxyl groups excluding tert-OH is 1. The molecule has 0 aromatic carbocycles. The van der Waals surface area contributed by atoms with Crippen LogP contribution < -0.4 is 10.6 Å². The maximum Gasteiger partial charge on any atom is 0.373 e. The molecule has 1 rings (SSSR count). The second-order valence-corrected chi connectivity index (χ2v) is 9.97. The number of ether oxygens (including phenoxy) is 2. The fraction of sp³-hybridized carbons (Fsp3) is 0.536. The van der Waals surface area contributed by atoms with E-state index in [-0.39, 0.29) is 23.7 Å². The SMILES string of the molecule is C/C=C\C[C@H](O)C/C=C\NC(=O)[C@@H](NC(=O)/C=C\C(C)=C\[C@H](C)[C@@H]1CC=C(OC)C(=O)O1)C(C)(C)C. The number of allylic oxidation sites excluding steroid dienone is 3. The number of carbonyl (C=O) groups excluding carboxylic acids is 3. The Hall–Kier alpha value is -3.13. The lowest BCUT2D eigenvalue weighted by molar-refractivity contribution is -0.151. The number of amides is 2. The highest BCUT2D eigenvalue weighted by atomic mass is 16.6. The maximum absolute atomic E-state index is 12.7. The highest BCUT2D eigenvalue weighted by molar-refractivity contribution is 5.93. The molecular formula is C28H42N2O6. The molecule has 0 aliphatic carbocycles. The van der Waals surface area contributed by atoms with Crippen molar-refractivity contribution in [1.29, 1.82) is 0 Å². The zero-order valence-electron chi connectivity index (χ0n) is 22.5. The minimum absolute atomic E-state index is 0.0623. The molecule has 0 bridgehead atoms. The topological polar surface area (TPSA) is 114 Å². The number of esters is 1. The Bertz CT molecular complexity index is 907. The summed E-state index contributed by atoms with van der Waals surface area (Å²) >= 11 is 0. The van der Waals surface area contributed by atoms with Gasteiger partial charge in [-0.05, 0) is 44.4 Å². The number of aliphatic hydroxyl groups is 1. The molecule has 0 radical (unpaired) electrons. The van der Waals surface area contributed by atoms with Gasteiger partial charge in [-0.1, -0.05) is 63.6 Å². The summed E-state index contributed by atoms with van der Waals surface area (Å²) < 4.78 is 10.4. The lowest BCUT2D eigenvalue weighted by Crippen LogP contribution is -2.52. The summed E-state index contributed by atoms with van der Waals surface area (Å²) in [6.07, 6.45) is 14.3. The fourth-order valence-electron chi connectivity index (χ4n) is 3.53. The van der Waals surface area contributed by atoms with Crippen molar-refractivity contribution < 1.29 is 29.0 Å². The molecule has 3 N–H and O–H groups in total. The number of hydrogen-bond acceptors (Lipinski definition) is 6. The van der Waals surface area contributed by atoms with Crippen LogP contribution in [-0.4, -0.2) is 48.2 Å². The van der Waals surface area contributed by atoms with Crippen LogP contribution in [0.3, 0.4) is 0 Å². The molecule has 2 amide bonds. The molecule has 0 aromatic rings. The van der Waals surface area contributed by atoms with Crippen molar-refractivity contribution >= 4 is 17.8 Å². The second kappa shape index (κ2) is 15.1. The first-order valence-electron chi connectivity index (χ1n) is 12.3. The minimum Gasteiger partial charge on any atom is -0.490 e. The number of rotatable bonds is 12. The summed E-state index contributed by atoms with van der Waals surface area (Å²) in [6.45, 7) is 11.3. The van der Waals surface area contributed by atoms with Crippen LogP contribution in [0.2, 0.25) is 0 Å². The number of carbonyl (C=O) groups is 3. The average molecular weight is 503 g/mol. The first kappa shape index (κ1) is 30.9. The highest BCUT2D eigenvalue weighted by Crippen LogP contribution is 2.23. The average Bonchev–Trinajstić information content (AvgIpc) is 2.81. The van der Waals surface area contributed by atoms with Crippen LogP contribution in [0, 0.1) is 11.3 Å². The third kappa shape index (κ3) is 11.1. The van der Waals surface area contributed by atoms with Crippen molar-refractivity contribution in [2.24, 2.45) is 11.3 Å². The monoisotopic (exact) mass is 502 g/mol. The molecule has 36 heavy (non-hydrogen) atoms. The summed E-state index contributed by atoms with van der Waals surface area (Å²) in [6, 6.07) is -0.765. The molecule has 8 nitrogen and oxygen atoms in total. The molecule has 0 aromatic heterocycles. The molecule has 8 heteroatoms. The van der Waals surface area contributed by atoms with Crippen LogP contribution in [0.15, 0.2) is 60.1 Å². The number of cyclic esters (lactones) is 1. The van der Waals surface area contributed by atoms with Gasteiger partial charge in [-0.3, -0.25) is 9.59 Å². The molecule has 4 atom stereocenters. The van der Waals surface area contributed by atoms with Crippen molar-refractivity contribution in [3.05, 3.63) is 60.1 Å². The Kier molecular flexibility index (Phi) is 12.9. The Morgan fingerprint density at radius 1 is 1.25 bits per heavy atom. The van der Waals surface area contributed by atoms with Gasteiger partial charge in [-0.15, -0.1) is 0 Å². The minimum atomic E-state index is -0.765. The molecular weight excluding hydrogens is 460 g/mol. The van der Waals surface area contributed by atoms with Gasteiger partial charge in [0, 0.05) is 18.4 Å². The van der Waals surface area contributed by atoms with E-state index < -0.39 is 29.4 Å². The summed E-state index contributed by atoms with van der Waals surface area (Å²) in [4.78, 5) is 37.2. The van der Waals surface area contributed by atoms with Gasteiger partial charge in [0.25, 0.3) is 0 Å². The molecule has 1 aliphatic rings. The largest absolute Gasteiger partial charge is 0.490 e. The first-order valence-corrected chi connectivity index (χ1v) is 12.3. The zero-order valence-corrected chi connectivity index (χ0v) is 22.5. The lowest BCUT2D eigenvalue weighted by Gasteiger charge is -2.29. The van der Waals surface area contributed by atoms with Crippen molar-refractivity contribution in [1.82, 2.24) is 10.6 Å². The predicted octanol–water partition coefficient (Wildman–Crippen LogP) is 3.85. The van der Waals surface area contributed by atoms with E-state index in [2.05, 4.69) is 10.6 Å². The van der Waals surface area contributed by atoms with Gasteiger partial charge in [0.15, 0.2) is 5.76 Å². The van der Waals surface area contributed by atoms with Gasteiger partial charge in [0.2, 0.25) is 11.8 Å². The van der Waals surface area contributed by atoms with Crippen molar-refractivity contribution in [2.75, 3.05) is 7.11 Å². The van der Waals surface area contributed by atoms with Gasteiger partial charge < -0.3 is 25.2 Å². The Balaban J connectivity index is 2.70. The van der Waals surface area contributed by atoms with Crippen LogP contribution in [0.25, 0.3) is 0 Å². The van der Waals surface area contributed by atoms with Gasteiger partial charge in [-0.2, -0.15) is 0 Å².